The molecule has 0 saturated carbocycles. The van der Waals surface area contributed by atoms with E-state index in [2.05, 4.69) is 27.4 Å². The molecule has 0 unspecified atom stereocenters. The summed E-state index contributed by atoms with van der Waals surface area (Å²) in [6, 6.07) is 0. The van der Waals surface area contributed by atoms with Crippen molar-refractivity contribution < 1.29 is 14.3 Å². The topological polar surface area (TPSA) is 35.5 Å². The van der Waals surface area contributed by atoms with Crippen LogP contribution in [0.15, 0.2) is 22.3 Å². The Morgan fingerprint density at radius 2 is 1.40 bits per heavy atom. The fraction of sp³-hybridized carbons (Fsp3) is 0.762. The van der Waals surface area contributed by atoms with Crippen molar-refractivity contribution in [3.8, 4) is 0 Å². The second-order valence-corrected chi connectivity index (χ2v) is 20.6. The number of hydrogen-bond donors (Lipinski definition) is 0. The molecular formula is C21H40O3Sn. The van der Waals surface area contributed by atoms with Gasteiger partial charge in [-0.1, -0.05) is 0 Å². The average Bonchev–Trinajstić information content (AvgIpc) is 2.60. The zero-order chi connectivity index (χ0) is 19.0. The molecule has 0 heterocycles. The standard InChI is InChI=1S/C9H13O3.3C4H9.Sn/c1-3-6-11-7-4-5-8-12-9(2)10;3*1-3-4-2;/h4-5H,1,6-8H2,2H3;3*1,3-4H2,2H3;/b5-4-;;;;. The first-order valence-corrected chi connectivity index (χ1v) is 17.5. The van der Waals surface area contributed by atoms with Gasteiger partial charge in [0.1, 0.15) is 0 Å². The molecule has 3 nitrogen and oxygen atoms in total. The van der Waals surface area contributed by atoms with Crippen LogP contribution in [-0.2, 0) is 14.3 Å². The first-order valence-electron chi connectivity index (χ1n) is 10.1. The summed E-state index contributed by atoms with van der Waals surface area (Å²) in [7, 11) is 0. The van der Waals surface area contributed by atoms with Crippen LogP contribution in [-0.4, -0.2) is 44.2 Å². The Morgan fingerprint density at radius 1 is 0.920 bits per heavy atom. The van der Waals surface area contributed by atoms with Crippen LogP contribution in [0, 0.1) is 0 Å². The summed E-state index contributed by atoms with van der Waals surface area (Å²) in [5.74, 6) is -0.249. The molecule has 0 N–H and O–H groups in total. The summed E-state index contributed by atoms with van der Waals surface area (Å²) in [5.41, 5.74) is 0. The molecule has 0 amide bonds. The van der Waals surface area contributed by atoms with Gasteiger partial charge in [-0.15, -0.1) is 0 Å². The van der Waals surface area contributed by atoms with Gasteiger partial charge in [0.05, 0.1) is 0 Å². The van der Waals surface area contributed by atoms with Gasteiger partial charge in [-0.05, 0) is 0 Å². The van der Waals surface area contributed by atoms with E-state index in [0.717, 1.165) is 0 Å². The minimum atomic E-state index is -2.34. The first kappa shape index (κ1) is 24.7. The number of unbranched alkanes of at least 4 members (excludes halogenated alkanes) is 3. The molecule has 0 aliphatic heterocycles. The number of carbonyl (C=O) groups is 1. The zero-order valence-corrected chi connectivity index (χ0v) is 19.9. The summed E-state index contributed by atoms with van der Waals surface area (Å²) in [4.78, 5) is 10.7. The van der Waals surface area contributed by atoms with Crippen LogP contribution in [0.5, 0.6) is 0 Å². The summed E-state index contributed by atoms with van der Waals surface area (Å²) < 4.78 is 16.5. The van der Waals surface area contributed by atoms with Gasteiger partial charge in [-0.3, -0.25) is 0 Å². The maximum atomic E-state index is 10.7. The van der Waals surface area contributed by atoms with Gasteiger partial charge in [0.25, 0.3) is 0 Å². The monoisotopic (exact) mass is 460 g/mol. The van der Waals surface area contributed by atoms with Crippen molar-refractivity contribution in [3.05, 3.63) is 22.3 Å². The van der Waals surface area contributed by atoms with E-state index in [9.17, 15) is 4.79 Å². The van der Waals surface area contributed by atoms with Gasteiger partial charge >= 0.3 is 160 Å². The van der Waals surface area contributed by atoms with Crippen molar-refractivity contribution in [2.45, 2.75) is 79.5 Å². The molecule has 0 aromatic rings. The maximum absolute atomic E-state index is 10.7. The van der Waals surface area contributed by atoms with E-state index in [1.54, 1.807) is 0 Å². The summed E-state index contributed by atoms with van der Waals surface area (Å²) >= 11 is -2.34. The van der Waals surface area contributed by atoms with Crippen LogP contribution in [0.3, 0.4) is 0 Å². The summed E-state index contributed by atoms with van der Waals surface area (Å²) in [6.45, 7) is 14.4. The normalized spacial score (nSPS) is 11.8. The van der Waals surface area contributed by atoms with E-state index >= 15 is 0 Å². The number of hydrogen-bond acceptors (Lipinski definition) is 3. The zero-order valence-electron chi connectivity index (χ0n) is 17.1. The van der Waals surface area contributed by atoms with Gasteiger partial charge in [-0.25, -0.2) is 0 Å². The van der Waals surface area contributed by atoms with E-state index in [1.807, 2.05) is 12.2 Å². The van der Waals surface area contributed by atoms with E-state index in [0.29, 0.717) is 19.8 Å². The molecule has 146 valence electrons. The number of esters is 1. The molecule has 0 fully saturated rings. The third kappa shape index (κ3) is 11.8. The number of carbonyl (C=O) groups excluding carboxylic acids is 1. The van der Waals surface area contributed by atoms with Crippen molar-refractivity contribution in [1.29, 1.82) is 0 Å². The van der Waals surface area contributed by atoms with Crippen molar-refractivity contribution in [3.63, 3.8) is 0 Å². The number of ether oxygens (including phenoxy) is 2. The van der Waals surface area contributed by atoms with Crippen molar-refractivity contribution >= 4 is 24.3 Å². The van der Waals surface area contributed by atoms with Crippen LogP contribution in [0.1, 0.15) is 66.2 Å². The molecule has 0 spiro atoms. The molecule has 0 radical (unpaired) electrons. The van der Waals surface area contributed by atoms with Crippen LogP contribution in [0.25, 0.3) is 0 Å². The molecule has 0 aliphatic rings. The Labute approximate surface area is 160 Å². The Balaban J connectivity index is 4.58. The quantitative estimate of drug-likeness (QED) is 0.122. The van der Waals surface area contributed by atoms with E-state index in [-0.39, 0.29) is 5.97 Å². The SMILES string of the molecule is C=[C](COC/C=C\COC(C)=O)[Sn]([CH2]CCC)([CH2]CCC)[CH2]CCC. The molecule has 25 heavy (non-hydrogen) atoms. The predicted octanol–water partition coefficient (Wildman–Crippen LogP) is 6.07. The third-order valence-corrected chi connectivity index (χ3v) is 20.7. The fourth-order valence-corrected chi connectivity index (χ4v) is 18.3. The van der Waals surface area contributed by atoms with Gasteiger partial charge < -0.3 is 0 Å². The molecule has 0 atom stereocenters. The Bertz CT molecular complexity index is 369. The van der Waals surface area contributed by atoms with Crippen LogP contribution in [0.2, 0.25) is 13.3 Å². The second kappa shape index (κ2) is 15.9. The third-order valence-electron chi connectivity index (χ3n) is 4.82. The predicted molar refractivity (Wildman–Crippen MR) is 111 cm³/mol. The molecule has 0 aromatic carbocycles. The van der Waals surface area contributed by atoms with E-state index in [1.165, 1.54) is 62.3 Å². The Kier molecular flexibility index (Phi) is 15.7. The van der Waals surface area contributed by atoms with Crippen molar-refractivity contribution in [2.75, 3.05) is 19.8 Å². The summed E-state index contributed by atoms with van der Waals surface area (Å²) in [6.07, 6.45) is 11.7. The van der Waals surface area contributed by atoms with Crippen molar-refractivity contribution in [2.24, 2.45) is 0 Å². The van der Waals surface area contributed by atoms with Gasteiger partial charge in [0.15, 0.2) is 0 Å². The van der Waals surface area contributed by atoms with Gasteiger partial charge in [0, 0.05) is 0 Å². The Morgan fingerprint density at radius 3 is 1.84 bits per heavy atom. The van der Waals surface area contributed by atoms with E-state index in [4.69, 9.17) is 9.47 Å². The molecule has 4 heteroatoms. The molecule has 0 bridgehead atoms. The molecule has 0 aliphatic carbocycles. The van der Waals surface area contributed by atoms with Crippen LogP contribution < -0.4 is 0 Å². The van der Waals surface area contributed by atoms with Gasteiger partial charge in [0.2, 0.25) is 0 Å². The molecule has 0 saturated heterocycles. The first-order chi connectivity index (χ1) is 12.0. The van der Waals surface area contributed by atoms with Crippen LogP contribution >= 0.6 is 0 Å². The summed E-state index contributed by atoms with van der Waals surface area (Å²) in [5, 5.41) is 0. The van der Waals surface area contributed by atoms with E-state index < -0.39 is 18.4 Å². The van der Waals surface area contributed by atoms with Crippen LogP contribution in [0.4, 0.5) is 0 Å². The minimum absolute atomic E-state index is 0.249. The van der Waals surface area contributed by atoms with Gasteiger partial charge in [-0.2, -0.15) is 0 Å². The Hall–Kier alpha value is -0.291. The average molecular weight is 459 g/mol. The molecular weight excluding hydrogens is 419 g/mol. The number of rotatable bonds is 16. The molecule has 0 rings (SSSR count). The second-order valence-electron chi connectivity index (χ2n) is 6.98. The molecule has 0 aromatic heterocycles. The van der Waals surface area contributed by atoms with Crippen molar-refractivity contribution in [1.82, 2.24) is 0 Å². The fourth-order valence-electron chi connectivity index (χ4n) is 3.16.